The number of nitrogens with one attached hydrogen (secondary N) is 1. The summed E-state index contributed by atoms with van der Waals surface area (Å²) in [6.07, 6.45) is -0.373. The summed E-state index contributed by atoms with van der Waals surface area (Å²) in [5, 5.41) is 8.64. The quantitative estimate of drug-likeness (QED) is 0.400. The van der Waals surface area contributed by atoms with Gasteiger partial charge in [0.25, 0.3) is 0 Å². The molecule has 1 aliphatic rings. The molecule has 0 aromatic carbocycles. The van der Waals surface area contributed by atoms with Crippen molar-refractivity contribution in [2.75, 3.05) is 6.61 Å². The second-order valence-corrected chi connectivity index (χ2v) is 3.93. The predicted molar refractivity (Wildman–Crippen MR) is 45.1 cm³/mol. The summed E-state index contributed by atoms with van der Waals surface area (Å²) >= 11 is 5.10. The van der Waals surface area contributed by atoms with Crippen molar-refractivity contribution in [2.24, 2.45) is 0 Å². The van der Waals surface area contributed by atoms with Gasteiger partial charge in [-0.15, -0.1) is 0 Å². The van der Waals surface area contributed by atoms with Gasteiger partial charge in [0.1, 0.15) is 0 Å². The molecule has 0 saturated heterocycles. The van der Waals surface area contributed by atoms with Gasteiger partial charge in [0.05, 0.1) is 6.61 Å². The van der Waals surface area contributed by atoms with Crippen molar-refractivity contribution in [3.8, 4) is 0 Å². The Labute approximate surface area is 84.7 Å². The Bertz CT molecular complexity index is 256. The lowest BCUT2D eigenvalue weighted by Crippen LogP contribution is -2.42. The number of rotatable bonds is 5. The van der Waals surface area contributed by atoms with Gasteiger partial charge in [-0.3, -0.25) is 4.79 Å². The maximum absolute atomic E-state index is 13.6. The van der Waals surface area contributed by atoms with Crippen molar-refractivity contribution in [3.05, 3.63) is 0 Å². The van der Waals surface area contributed by atoms with Crippen LogP contribution in [-0.2, 0) is 9.32 Å². The molecule has 9 heteroatoms. The minimum atomic E-state index is -2.69. The van der Waals surface area contributed by atoms with Crippen molar-refractivity contribution in [3.63, 3.8) is 0 Å². The zero-order valence-electron chi connectivity index (χ0n) is 6.78. The Morgan fingerprint density at radius 3 is 2.57 bits per heavy atom. The van der Waals surface area contributed by atoms with E-state index in [2.05, 4.69) is 4.52 Å². The third-order valence-corrected chi connectivity index (χ3v) is 2.80. The minimum Gasteiger partial charge on any atom is -0.480 e. The van der Waals surface area contributed by atoms with Crippen molar-refractivity contribution in [1.29, 1.82) is 0 Å². The van der Waals surface area contributed by atoms with Crippen LogP contribution in [0, 0.1) is 0 Å². The molecule has 82 valence electrons. The fourth-order valence-electron chi connectivity index (χ4n) is 1.14. The zero-order chi connectivity index (χ0) is 11.0. The molecule has 1 rings (SSSR count). The summed E-state index contributed by atoms with van der Waals surface area (Å²) in [5.74, 6) is -1.45. The molecule has 4 N–H and O–H groups in total. The average Bonchev–Trinajstić information content (AvgIpc) is 2.71. The standard InChI is InChI=1S/C5H8ClFNO5P/c6-8-5(3(9)10)1-4(5,7)2-13-14(11)12/h8,11-12H,1-2H2,(H,9,10)/t4-,5-/m1/s1. The van der Waals surface area contributed by atoms with E-state index in [1.807, 2.05) is 4.84 Å². The third kappa shape index (κ3) is 1.84. The Hall–Kier alpha value is -0.0400. The first kappa shape index (κ1) is 12.0. The highest BCUT2D eigenvalue weighted by Crippen LogP contribution is 2.53. The van der Waals surface area contributed by atoms with Crippen LogP contribution in [0.5, 0.6) is 0 Å². The van der Waals surface area contributed by atoms with Crippen LogP contribution < -0.4 is 4.84 Å². The molecule has 0 unspecified atom stereocenters. The lowest BCUT2D eigenvalue weighted by molar-refractivity contribution is -0.141. The van der Waals surface area contributed by atoms with Gasteiger partial charge >= 0.3 is 14.6 Å². The molecule has 1 aliphatic carbocycles. The molecule has 0 heterocycles. The van der Waals surface area contributed by atoms with Crippen LogP contribution >= 0.6 is 20.4 Å². The van der Waals surface area contributed by atoms with Crippen LogP contribution in [-0.4, -0.2) is 38.7 Å². The average molecular weight is 248 g/mol. The fraction of sp³-hybridized carbons (Fsp3) is 0.800. The minimum absolute atomic E-state index is 0.373. The number of alkyl halides is 1. The van der Waals surface area contributed by atoms with Crippen LogP contribution in [0.2, 0.25) is 0 Å². The number of hydrogen-bond donors (Lipinski definition) is 4. The molecule has 0 radical (unpaired) electrons. The molecule has 0 bridgehead atoms. The molecule has 2 atom stereocenters. The fourth-order valence-corrected chi connectivity index (χ4v) is 1.77. The summed E-state index contributed by atoms with van der Waals surface area (Å²) in [4.78, 5) is 29.2. The van der Waals surface area contributed by atoms with E-state index in [0.29, 0.717) is 0 Å². The Balaban J connectivity index is 2.59. The van der Waals surface area contributed by atoms with Gasteiger partial charge in [0, 0.05) is 6.42 Å². The zero-order valence-corrected chi connectivity index (χ0v) is 8.43. The van der Waals surface area contributed by atoms with Gasteiger partial charge in [-0.1, -0.05) is 0 Å². The highest BCUT2D eigenvalue weighted by Gasteiger charge is 2.75. The lowest BCUT2D eigenvalue weighted by atomic mass is 10.2. The number of carbonyl (C=O) groups is 1. The normalized spacial score (nSPS) is 36.1. The number of halogens is 2. The molecule has 1 saturated carbocycles. The molecule has 0 aromatic rings. The Morgan fingerprint density at radius 2 is 2.29 bits per heavy atom. The van der Waals surface area contributed by atoms with Crippen molar-refractivity contribution in [1.82, 2.24) is 4.84 Å². The number of carboxylic acids is 1. The van der Waals surface area contributed by atoms with Crippen molar-refractivity contribution >= 4 is 26.3 Å². The van der Waals surface area contributed by atoms with E-state index in [4.69, 9.17) is 26.7 Å². The van der Waals surface area contributed by atoms with E-state index in [1.54, 1.807) is 0 Å². The highest BCUT2D eigenvalue weighted by molar-refractivity contribution is 7.39. The maximum Gasteiger partial charge on any atom is 0.328 e. The van der Waals surface area contributed by atoms with Gasteiger partial charge in [-0.25, -0.2) is 9.23 Å². The topological polar surface area (TPSA) is 99.0 Å². The van der Waals surface area contributed by atoms with E-state index >= 15 is 0 Å². The molecule has 0 amide bonds. The number of hydrogen-bond acceptors (Lipinski definition) is 5. The summed E-state index contributed by atoms with van der Waals surface area (Å²) < 4.78 is 17.8. The maximum atomic E-state index is 13.6. The Kier molecular flexibility index (Phi) is 3.30. The number of aliphatic carboxylic acids is 1. The molecule has 0 aliphatic heterocycles. The van der Waals surface area contributed by atoms with E-state index in [0.717, 1.165) is 0 Å². The third-order valence-electron chi connectivity index (χ3n) is 2.12. The molecule has 0 spiro atoms. The predicted octanol–water partition coefficient (Wildman–Crippen LogP) is -0.107. The van der Waals surface area contributed by atoms with Gasteiger partial charge in [0.2, 0.25) is 0 Å². The largest absolute Gasteiger partial charge is 0.480 e. The lowest BCUT2D eigenvalue weighted by Gasteiger charge is -2.13. The molecule has 0 aromatic heterocycles. The van der Waals surface area contributed by atoms with Crippen molar-refractivity contribution < 1.29 is 28.6 Å². The molecule has 6 nitrogen and oxygen atoms in total. The first-order valence-corrected chi connectivity index (χ1v) is 5.03. The summed E-state index contributed by atoms with van der Waals surface area (Å²) in [7, 11) is -2.69. The summed E-state index contributed by atoms with van der Waals surface area (Å²) in [6, 6.07) is 0. The van der Waals surface area contributed by atoms with Gasteiger partial charge in [-0.05, 0) is 11.8 Å². The molecular formula is C5H8ClFNO5P. The second kappa shape index (κ2) is 3.84. The van der Waals surface area contributed by atoms with Crippen LogP contribution in [0.15, 0.2) is 0 Å². The van der Waals surface area contributed by atoms with E-state index in [-0.39, 0.29) is 6.42 Å². The van der Waals surface area contributed by atoms with Gasteiger partial charge < -0.3 is 19.4 Å². The molecule has 14 heavy (non-hydrogen) atoms. The van der Waals surface area contributed by atoms with Gasteiger partial charge in [0.15, 0.2) is 11.2 Å². The van der Waals surface area contributed by atoms with Crippen LogP contribution in [0.4, 0.5) is 4.39 Å². The van der Waals surface area contributed by atoms with E-state index < -0.39 is 32.4 Å². The monoisotopic (exact) mass is 247 g/mol. The van der Waals surface area contributed by atoms with Crippen molar-refractivity contribution in [2.45, 2.75) is 17.6 Å². The van der Waals surface area contributed by atoms with Gasteiger partial charge in [-0.2, -0.15) is 0 Å². The molecular weight excluding hydrogens is 239 g/mol. The summed E-state index contributed by atoms with van der Waals surface area (Å²) in [6.45, 7) is -0.724. The second-order valence-electron chi connectivity index (χ2n) is 2.97. The van der Waals surface area contributed by atoms with E-state index in [9.17, 15) is 9.18 Å². The molecule has 1 fully saturated rings. The Morgan fingerprint density at radius 1 is 1.71 bits per heavy atom. The van der Waals surface area contributed by atoms with Crippen LogP contribution in [0.25, 0.3) is 0 Å². The summed E-state index contributed by atoms with van der Waals surface area (Å²) in [5.41, 5.74) is -4.09. The first-order chi connectivity index (χ1) is 6.38. The van der Waals surface area contributed by atoms with Crippen LogP contribution in [0.1, 0.15) is 6.42 Å². The SMILES string of the molecule is O=C(O)[C@]1(NCl)C[C@@]1(F)COP(O)O. The number of carboxylic acid groups (broad SMARTS) is 1. The van der Waals surface area contributed by atoms with E-state index in [1.165, 1.54) is 0 Å². The smallest absolute Gasteiger partial charge is 0.328 e. The first-order valence-electron chi connectivity index (χ1n) is 3.49. The van der Waals surface area contributed by atoms with Crippen LogP contribution in [0.3, 0.4) is 0 Å². The highest BCUT2D eigenvalue weighted by atomic mass is 35.5.